The van der Waals surface area contributed by atoms with Gasteiger partial charge in [-0.3, -0.25) is 0 Å². The molecule has 10 heavy (non-hydrogen) atoms. The largest absolute Gasteiger partial charge is 0.238 e. The van der Waals surface area contributed by atoms with Crippen molar-refractivity contribution in [2.45, 2.75) is 6.92 Å². The van der Waals surface area contributed by atoms with Crippen LogP contribution in [0.15, 0.2) is 17.3 Å². The van der Waals surface area contributed by atoms with Crippen molar-refractivity contribution in [2.75, 3.05) is 6.54 Å². The Morgan fingerprint density at radius 3 is 3.00 bits per heavy atom. The molecule has 0 aromatic carbocycles. The first kappa shape index (κ1) is 6.73. The van der Waals surface area contributed by atoms with Gasteiger partial charge in [0.15, 0.2) is 10.9 Å². The van der Waals surface area contributed by atoms with Gasteiger partial charge in [-0.2, -0.15) is 0 Å². The molecule has 0 unspecified atom stereocenters. The quantitative estimate of drug-likeness (QED) is 0.393. The van der Waals surface area contributed by atoms with Crippen molar-refractivity contribution in [2.24, 2.45) is 4.99 Å². The second-order valence-corrected chi connectivity index (χ2v) is 1.88. The van der Waals surface area contributed by atoms with Crippen LogP contribution in [-0.4, -0.2) is 22.4 Å². The molecular weight excluding hydrogens is 134 g/mol. The van der Waals surface area contributed by atoms with Crippen molar-refractivity contribution in [1.29, 1.82) is 0 Å². The van der Waals surface area contributed by atoms with Gasteiger partial charge in [0, 0.05) is 6.20 Å². The van der Waals surface area contributed by atoms with E-state index in [2.05, 4.69) is 4.99 Å². The summed E-state index contributed by atoms with van der Waals surface area (Å²) in [6.07, 6.45) is 3.20. The van der Waals surface area contributed by atoms with Gasteiger partial charge in [0.2, 0.25) is 0 Å². The standard InChI is InChI=1S/C5H7N3O2/c1-5-6-3-2-4-7(5)8(9)10/h2-3H,4H2,1H3. The van der Waals surface area contributed by atoms with Crippen LogP contribution >= 0.6 is 0 Å². The smallest absolute Gasteiger partial charge is 0.167 e. The molecule has 5 nitrogen and oxygen atoms in total. The average molecular weight is 141 g/mol. The Hall–Kier alpha value is -1.39. The van der Waals surface area contributed by atoms with Crippen LogP contribution in [0.3, 0.4) is 0 Å². The number of hydrazine groups is 1. The molecule has 0 spiro atoms. The monoisotopic (exact) mass is 141 g/mol. The Morgan fingerprint density at radius 1 is 1.90 bits per heavy atom. The van der Waals surface area contributed by atoms with Crippen molar-refractivity contribution < 1.29 is 5.03 Å². The highest BCUT2D eigenvalue weighted by Crippen LogP contribution is 1.98. The van der Waals surface area contributed by atoms with Crippen molar-refractivity contribution >= 4 is 5.84 Å². The molecule has 0 saturated heterocycles. The molecule has 0 aromatic rings. The van der Waals surface area contributed by atoms with Gasteiger partial charge in [-0.1, -0.05) is 5.01 Å². The van der Waals surface area contributed by atoms with Crippen molar-refractivity contribution in [3.8, 4) is 0 Å². The Kier molecular flexibility index (Phi) is 1.66. The fraction of sp³-hybridized carbons (Fsp3) is 0.400. The molecule has 1 aliphatic heterocycles. The van der Waals surface area contributed by atoms with E-state index in [0.717, 1.165) is 5.01 Å². The van der Waals surface area contributed by atoms with E-state index < -0.39 is 5.03 Å². The lowest BCUT2D eigenvalue weighted by atomic mass is 10.5. The third-order valence-electron chi connectivity index (χ3n) is 1.22. The van der Waals surface area contributed by atoms with Crippen LogP contribution in [0.25, 0.3) is 0 Å². The van der Waals surface area contributed by atoms with Crippen LogP contribution in [0.1, 0.15) is 6.92 Å². The van der Waals surface area contributed by atoms with Gasteiger partial charge in [0.1, 0.15) is 6.54 Å². The van der Waals surface area contributed by atoms with E-state index >= 15 is 0 Å². The van der Waals surface area contributed by atoms with Gasteiger partial charge in [-0.25, -0.2) is 15.1 Å². The predicted molar refractivity (Wildman–Crippen MR) is 35.9 cm³/mol. The summed E-state index contributed by atoms with van der Waals surface area (Å²) >= 11 is 0. The number of hydrogen-bond donors (Lipinski definition) is 0. The highest BCUT2D eigenvalue weighted by atomic mass is 16.7. The zero-order chi connectivity index (χ0) is 7.56. The fourth-order valence-electron chi connectivity index (χ4n) is 0.691. The number of aliphatic imine (C=N–C) groups is 1. The molecule has 1 aliphatic rings. The van der Waals surface area contributed by atoms with Gasteiger partial charge in [0.25, 0.3) is 0 Å². The summed E-state index contributed by atoms with van der Waals surface area (Å²) in [4.78, 5) is 13.9. The van der Waals surface area contributed by atoms with Crippen LogP contribution in [0, 0.1) is 10.1 Å². The molecule has 0 radical (unpaired) electrons. The summed E-state index contributed by atoms with van der Waals surface area (Å²) in [6, 6.07) is 0. The molecule has 1 rings (SSSR count). The van der Waals surface area contributed by atoms with Crippen LogP contribution in [0.5, 0.6) is 0 Å². The molecule has 0 amide bonds. The highest BCUT2D eigenvalue weighted by Gasteiger charge is 2.17. The molecule has 0 bridgehead atoms. The van der Waals surface area contributed by atoms with E-state index in [9.17, 15) is 10.1 Å². The minimum absolute atomic E-state index is 0.308. The Bertz CT molecular complexity index is 209. The lowest BCUT2D eigenvalue weighted by molar-refractivity contribution is -0.627. The van der Waals surface area contributed by atoms with E-state index in [1.54, 1.807) is 19.2 Å². The first-order valence-corrected chi connectivity index (χ1v) is 2.83. The SMILES string of the molecule is CC1=NC=CCN1[N+](=O)[O-]. The number of rotatable bonds is 1. The molecule has 0 atom stereocenters. The molecule has 0 saturated carbocycles. The Morgan fingerprint density at radius 2 is 2.60 bits per heavy atom. The molecule has 54 valence electrons. The Labute approximate surface area is 57.8 Å². The summed E-state index contributed by atoms with van der Waals surface area (Å²) in [5.74, 6) is 0.424. The molecule has 5 heteroatoms. The van der Waals surface area contributed by atoms with Gasteiger partial charge < -0.3 is 0 Å². The van der Waals surface area contributed by atoms with Crippen LogP contribution in [0.4, 0.5) is 0 Å². The second kappa shape index (κ2) is 2.47. The Balaban J connectivity index is 2.73. The highest BCUT2D eigenvalue weighted by molar-refractivity contribution is 5.79. The van der Waals surface area contributed by atoms with E-state index in [1.165, 1.54) is 0 Å². The molecule has 0 aliphatic carbocycles. The summed E-state index contributed by atoms with van der Waals surface area (Å²) in [6.45, 7) is 1.91. The second-order valence-electron chi connectivity index (χ2n) is 1.88. The van der Waals surface area contributed by atoms with E-state index in [0.29, 0.717) is 12.4 Å². The molecule has 1 heterocycles. The topological polar surface area (TPSA) is 58.7 Å². The number of amidine groups is 1. The lowest BCUT2D eigenvalue weighted by Gasteiger charge is -2.12. The lowest BCUT2D eigenvalue weighted by Crippen LogP contribution is -2.35. The van der Waals surface area contributed by atoms with E-state index in [4.69, 9.17) is 0 Å². The predicted octanol–water partition coefficient (Wildman–Crippen LogP) is 0.426. The number of hydrogen-bond acceptors (Lipinski definition) is 3. The summed E-state index contributed by atoms with van der Waals surface area (Å²) < 4.78 is 0. The minimum atomic E-state index is -0.470. The third kappa shape index (κ3) is 1.12. The third-order valence-corrected chi connectivity index (χ3v) is 1.22. The fourth-order valence-corrected chi connectivity index (χ4v) is 0.691. The van der Waals surface area contributed by atoms with Crippen LogP contribution in [0.2, 0.25) is 0 Å². The molecule has 0 N–H and O–H groups in total. The van der Waals surface area contributed by atoms with Gasteiger partial charge >= 0.3 is 0 Å². The molecular formula is C5H7N3O2. The van der Waals surface area contributed by atoms with Gasteiger partial charge in [-0.05, 0) is 13.0 Å². The first-order chi connectivity index (χ1) is 4.72. The van der Waals surface area contributed by atoms with Crippen molar-refractivity contribution in [3.63, 3.8) is 0 Å². The van der Waals surface area contributed by atoms with Crippen molar-refractivity contribution in [1.82, 2.24) is 5.01 Å². The van der Waals surface area contributed by atoms with E-state index in [1.807, 2.05) is 0 Å². The zero-order valence-corrected chi connectivity index (χ0v) is 5.52. The molecule has 0 fully saturated rings. The van der Waals surface area contributed by atoms with Gasteiger partial charge in [0.05, 0.1) is 0 Å². The summed E-state index contributed by atoms with van der Waals surface area (Å²) in [5, 5.41) is 10.7. The van der Waals surface area contributed by atoms with Crippen LogP contribution < -0.4 is 0 Å². The first-order valence-electron chi connectivity index (χ1n) is 2.83. The summed E-state index contributed by atoms with van der Waals surface area (Å²) in [5.41, 5.74) is 0. The number of nitro groups is 1. The minimum Gasteiger partial charge on any atom is -0.238 e. The normalized spacial score (nSPS) is 16.9. The van der Waals surface area contributed by atoms with Gasteiger partial charge in [-0.15, -0.1) is 0 Å². The maximum atomic E-state index is 10.2. The summed E-state index contributed by atoms with van der Waals surface area (Å²) in [7, 11) is 0. The zero-order valence-electron chi connectivity index (χ0n) is 5.52. The maximum Gasteiger partial charge on any atom is 0.167 e. The van der Waals surface area contributed by atoms with Crippen molar-refractivity contribution in [3.05, 3.63) is 22.4 Å². The number of nitrogens with zero attached hydrogens (tertiary/aromatic N) is 3. The maximum absolute atomic E-state index is 10.2. The van der Waals surface area contributed by atoms with E-state index in [-0.39, 0.29) is 0 Å². The molecule has 0 aromatic heterocycles. The van der Waals surface area contributed by atoms with Crippen LogP contribution in [-0.2, 0) is 0 Å². The average Bonchev–Trinajstić information content (AvgIpc) is 1.88.